The van der Waals surface area contributed by atoms with Crippen molar-refractivity contribution in [1.82, 2.24) is 14.5 Å². The van der Waals surface area contributed by atoms with Gasteiger partial charge in [-0.1, -0.05) is 6.07 Å². The largest absolute Gasteiger partial charge is 0.484 e. The summed E-state index contributed by atoms with van der Waals surface area (Å²) in [5, 5.41) is 0. The van der Waals surface area contributed by atoms with E-state index < -0.39 is 0 Å². The Kier molecular flexibility index (Phi) is 4.46. The number of carbonyl (C=O) groups excluding carboxylic acids is 1. The van der Waals surface area contributed by atoms with Gasteiger partial charge in [0, 0.05) is 25.9 Å². The number of aromatic nitrogens is 2. The molecule has 0 N–H and O–H groups in total. The van der Waals surface area contributed by atoms with Crippen LogP contribution in [0.4, 0.5) is 0 Å². The SMILES string of the molecule is Cn1c(C(=O)N2C[C@H](Oc3cccnc3)[C@H]3OCCC[C@H]32)cccc1=O. The molecule has 2 aliphatic rings. The quantitative estimate of drug-likeness (QED) is 0.828. The predicted octanol–water partition coefficient (Wildman–Crippen LogP) is 1.23. The molecule has 1 amide bonds. The highest BCUT2D eigenvalue weighted by Crippen LogP contribution is 2.32. The fourth-order valence-corrected chi connectivity index (χ4v) is 3.76. The van der Waals surface area contributed by atoms with Crippen LogP contribution in [0.15, 0.2) is 47.5 Å². The standard InChI is InChI=1S/C19H21N3O4/c1-21-15(6-2-8-17(21)23)19(24)22-12-16(18-14(22)7-4-10-25-18)26-13-5-3-9-20-11-13/h2-3,5-6,8-9,11,14,16,18H,4,7,10,12H2,1H3/t14-,16+,18+/m1/s1. The summed E-state index contributed by atoms with van der Waals surface area (Å²) in [4.78, 5) is 30.9. The maximum Gasteiger partial charge on any atom is 0.271 e. The van der Waals surface area contributed by atoms with Crippen molar-refractivity contribution in [3.8, 4) is 5.75 Å². The van der Waals surface area contributed by atoms with E-state index in [9.17, 15) is 9.59 Å². The van der Waals surface area contributed by atoms with Gasteiger partial charge in [-0.2, -0.15) is 0 Å². The summed E-state index contributed by atoms with van der Waals surface area (Å²) in [6.07, 6.45) is 4.68. The molecule has 26 heavy (non-hydrogen) atoms. The van der Waals surface area contributed by atoms with Gasteiger partial charge in [0.2, 0.25) is 0 Å². The molecule has 3 atom stereocenters. The second kappa shape index (κ2) is 6.92. The first-order valence-electron chi connectivity index (χ1n) is 8.80. The second-order valence-electron chi connectivity index (χ2n) is 6.66. The van der Waals surface area contributed by atoms with Gasteiger partial charge in [0.1, 0.15) is 23.7 Å². The predicted molar refractivity (Wildman–Crippen MR) is 94.1 cm³/mol. The Bertz CT molecular complexity index is 851. The lowest BCUT2D eigenvalue weighted by Gasteiger charge is -2.32. The zero-order valence-corrected chi connectivity index (χ0v) is 14.6. The molecule has 2 aromatic rings. The van der Waals surface area contributed by atoms with Gasteiger partial charge in [-0.05, 0) is 31.0 Å². The molecule has 0 aliphatic carbocycles. The van der Waals surface area contributed by atoms with Crippen molar-refractivity contribution < 1.29 is 14.3 Å². The minimum atomic E-state index is -0.255. The molecule has 0 saturated carbocycles. The van der Waals surface area contributed by atoms with E-state index in [1.165, 1.54) is 10.6 Å². The first-order chi connectivity index (χ1) is 12.6. The Morgan fingerprint density at radius 3 is 3.00 bits per heavy atom. The molecule has 0 aromatic carbocycles. The van der Waals surface area contributed by atoms with Crippen LogP contribution in [0.5, 0.6) is 5.75 Å². The smallest absolute Gasteiger partial charge is 0.271 e. The summed E-state index contributed by atoms with van der Waals surface area (Å²) >= 11 is 0. The topological polar surface area (TPSA) is 73.7 Å². The van der Waals surface area contributed by atoms with Crippen molar-refractivity contribution in [3.05, 3.63) is 58.8 Å². The summed E-state index contributed by atoms with van der Waals surface area (Å²) in [6.45, 7) is 1.09. The highest BCUT2D eigenvalue weighted by molar-refractivity contribution is 5.93. The van der Waals surface area contributed by atoms with Crippen LogP contribution in [-0.4, -0.2) is 51.8 Å². The van der Waals surface area contributed by atoms with Crippen LogP contribution in [0, 0.1) is 0 Å². The van der Waals surface area contributed by atoms with E-state index >= 15 is 0 Å². The van der Waals surface area contributed by atoms with Gasteiger partial charge in [-0.3, -0.25) is 14.6 Å². The Morgan fingerprint density at radius 1 is 1.31 bits per heavy atom. The summed E-state index contributed by atoms with van der Waals surface area (Å²) in [7, 11) is 1.62. The summed E-state index contributed by atoms with van der Waals surface area (Å²) in [6, 6.07) is 8.35. The number of rotatable bonds is 3. The number of hydrogen-bond donors (Lipinski definition) is 0. The minimum Gasteiger partial charge on any atom is -0.484 e. The maximum atomic E-state index is 13.1. The monoisotopic (exact) mass is 355 g/mol. The number of likely N-dealkylation sites (tertiary alicyclic amines) is 1. The lowest BCUT2D eigenvalue weighted by molar-refractivity contribution is -0.0447. The molecule has 2 aliphatic heterocycles. The molecular formula is C19H21N3O4. The number of carbonyl (C=O) groups is 1. The molecule has 2 saturated heterocycles. The third-order valence-electron chi connectivity index (χ3n) is 5.06. The zero-order valence-electron chi connectivity index (χ0n) is 14.6. The van der Waals surface area contributed by atoms with Crippen LogP contribution < -0.4 is 10.3 Å². The molecule has 2 fully saturated rings. The number of ether oxygens (including phenoxy) is 2. The fourth-order valence-electron chi connectivity index (χ4n) is 3.76. The van der Waals surface area contributed by atoms with Gasteiger partial charge < -0.3 is 18.9 Å². The molecule has 0 radical (unpaired) electrons. The van der Waals surface area contributed by atoms with E-state index in [1.807, 2.05) is 12.1 Å². The van der Waals surface area contributed by atoms with E-state index in [-0.39, 0.29) is 29.7 Å². The molecule has 4 heterocycles. The first kappa shape index (κ1) is 16.8. The average molecular weight is 355 g/mol. The van der Waals surface area contributed by atoms with Crippen LogP contribution in [0.3, 0.4) is 0 Å². The molecular weight excluding hydrogens is 334 g/mol. The number of hydrogen-bond acceptors (Lipinski definition) is 5. The lowest BCUT2D eigenvalue weighted by atomic mass is 10.0. The van der Waals surface area contributed by atoms with E-state index in [0.29, 0.717) is 24.6 Å². The van der Waals surface area contributed by atoms with Crippen LogP contribution >= 0.6 is 0 Å². The molecule has 0 bridgehead atoms. The lowest BCUT2D eigenvalue weighted by Crippen LogP contribution is -2.45. The summed E-state index contributed by atoms with van der Waals surface area (Å²) in [5.41, 5.74) is 0.179. The molecule has 4 rings (SSSR count). The summed E-state index contributed by atoms with van der Waals surface area (Å²) < 4.78 is 13.4. The Labute approximate surface area is 151 Å². The maximum absolute atomic E-state index is 13.1. The van der Waals surface area contributed by atoms with Gasteiger partial charge in [0.25, 0.3) is 11.5 Å². The number of nitrogens with zero attached hydrogens (tertiary/aromatic N) is 3. The Balaban J connectivity index is 1.61. The van der Waals surface area contributed by atoms with E-state index in [1.54, 1.807) is 36.5 Å². The average Bonchev–Trinajstić information content (AvgIpc) is 3.03. The third kappa shape index (κ3) is 2.99. The van der Waals surface area contributed by atoms with Crippen LogP contribution in [0.25, 0.3) is 0 Å². The minimum absolute atomic E-state index is 0.0479. The number of fused-ring (bicyclic) bond motifs is 1. The van der Waals surface area contributed by atoms with Crippen molar-refractivity contribution in [3.63, 3.8) is 0 Å². The van der Waals surface area contributed by atoms with Gasteiger partial charge in [-0.25, -0.2) is 0 Å². The van der Waals surface area contributed by atoms with Gasteiger partial charge in [-0.15, -0.1) is 0 Å². The normalized spacial score (nSPS) is 25.0. The van der Waals surface area contributed by atoms with Crippen molar-refractivity contribution in [1.29, 1.82) is 0 Å². The molecule has 7 heteroatoms. The molecule has 2 aromatic heterocycles. The molecule has 0 unspecified atom stereocenters. The van der Waals surface area contributed by atoms with Gasteiger partial charge in [0.15, 0.2) is 0 Å². The number of pyridine rings is 2. The Hall–Kier alpha value is -2.67. The van der Waals surface area contributed by atoms with Crippen molar-refractivity contribution in [2.24, 2.45) is 7.05 Å². The van der Waals surface area contributed by atoms with Crippen molar-refractivity contribution >= 4 is 5.91 Å². The van der Waals surface area contributed by atoms with Gasteiger partial charge in [0.05, 0.1) is 18.8 Å². The van der Waals surface area contributed by atoms with E-state index in [2.05, 4.69) is 4.98 Å². The highest BCUT2D eigenvalue weighted by atomic mass is 16.5. The van der Waals surface area contributed by atoms with Gasteiger partial charge >= 0.3 is 0 Å². The first-order valence-corrected chi connectivity index (χ1v) is 8.80. The van der Waals surface area contributed by atoms with Crippen LogP contribution in [0.1, 0.15) is 23.3 Å². The van der Waals surface area contributed by atoms with Crippen LogP contribution in [0.2, 0.25) is 0 Å². The van der Waals surface area contributed by atoms with E-state index in [4.69, 9.17) is 9.47 Å². The summed E-state index contributed by atoms with van der Waals surface area (Å²) in [5.74, 6) is 0.495. The molecule has 0 spiro atoms. The van der Waals surface area contributed by atoms with Crippen LogP contribution in [-0.2, 0) is 11.8 Å². The Morgan fingerprint density at radius 2 is 2.19 bits per heavy atom. The van der Waals surface area contributed by atoms with E-state index in [0.717, 1.165) is 12.8 Å². The second-order valence-corrected chi connectivity index (χ2v) is 6.66. The highest BCUT2D eigenvalue weighted by Gasteiger charge is 2.47. The van der Waals surface area contributed by atoms with Crippen molar-refractivity contribution in [2.45, 2.75) is 31.1 Å². The number of amides is 1. The molecule has 136 valence electrons. The zero-order chi connectivity index (χ0) is 18.1. The van der Waals surface area contributed by atoms with Crippen molar-refractivity contribution in [2.75, 3.05) is 13.2 Å². The third-order valence-corrected chi connectivity index (χ3v) is 5.06. The fraction of sp³-hybridized carbons (Fsp3) is 0.421. The molecule has 7 nitrogen and oxygen atoms in total.